The highest BCUT2D eigenvalue weighted by Gasteiger charge is 2.23. The molecule has 0 radical (unpaired) electrons. The molecule has 0 unspecified atom stereocenters. The van der Waals surface area contributed by atoms with Crippen LogP contribution in [0.3, 0.4) is 0 Å². The standard InChI is InChI=1S/C19H23NO5S/c1-4-24-18-8-6-5-7-16(18)14-25-19(21)13-20(3)26(22,23)17-11-9-15(2)10-12-17/h5-12H,4,13-14H2,1-3H3. The molecule has 140 valence electrons. The van der Waals surface area contributed by atoms with Gasteiger partial charge >= 0.3 is 5.97 Å². The Balaban J connectivity index is 1.98. The van der Waals surface area contributed by atoms with Crippen LogP contribution in [-0.4, -0.2) is 38.9 Å². The van der Waals surface area contributed by atoms with E-state index < -0.39 is 16.0 Å². The van der Waals surface area contributed by atoms with Gasteiger partial charge < -0.3 is 9.47 Å². The van der Waals surface area contributed by atoms with Gasteiger partial charge in [0.05, 0.1) is 11.5 Å². The molecular weight excluding hydrogens is 354 g/mol. The Labute approximate surface area is 154 Å². The summed E-state index contributed by atoms with van der Waals surface area (Å²) in [6, 6.07) is 13.7. The molecule has 0 heterocycles. The van der Waals surface area contributed by atoms with E-state index in [2.05, 4.69) is 0 Å². The van der Waals surface area contributed by atoms with Crippen molar-refractivity contribution in [1.29, 1.82) is 0 Å². The first kappa shape index (κ1) is 19.9. The Kier molecular flexibility index (Phi) is 6.76. The van der Waals surface area contributed by atoms with Crippen molar-refractivity contribution >= 4 is 16.0 Å². The van der Waals surface area contributed by atoms with Crippen LogP contribution in [0.5, 0.6) is 5.75 Å². The summed E-state index contributed by atoms with van der Waals surface area (Å²) in [6.07, 6.45) is 0. The van der Waals surface area contributed by atoms with E-state index in [-0.39, 0.29) is 18.0 Å². The summed E-state index contributed by atoms with van der Waals surface area (Å²) in [5.74, 6) is 0.0120. The molecule has 0 amide bonds. The average Bonchev–Trinajstić information content (AvgIpc) is 2.61. The van der Waals surface area contributed by atoms with Crippen LogP contribution in [-0.2, 0) is 26.2 Å². The van der Waals surface area contributed by atoms with Crippen LogP contribution in [0, 0.1) is 6.92 Å². The van der Waals surface area contributed by atoms with Gasteiger partial charge in [-0.25, -0.2) is 8.42 Å². The molecule has 0 bridgehead atoms. The second-order valence-corrected chi connectivity index (χ2v) is 7.82. The van der Waals surface area contributed by atoms with Gasteiger partial charge in [0.25, 0.3) is 0 Å². The lowest BCUT2D eigenvalue weighted by Gasteiger charge is -2.17. The molecule has 6 nitrogen and oxygen atoms in total. The number of nitrogens with zero attached hydrogens (tertiary/aromatic N) is 1. The van der Waals surface area contributed by atoms with E-state index in [0.29, 0.717) is 12.4 Å². The molecule has 7 heteroatoms. The van der Waals surface area contributed by atoms with Gasteiger partial charge in [-0.05, 0) is 32.0 Å². The molecule has 0 atom stereocenters. The van der Waals surface area contributed by atoms with E-state index in [1.807, 2.05) is 26.0 Å². The molecule has 0 saturated heterocycles. The molecule has 26 heavy (non-hydrogen) atoms. The highest BCUT2D eigenvalue weighted by molar-refractivity contribution is 7.89. The number of carbonyl (C=O) groups excluding carboxylic acids is 1. The maximum absolute atomic E-state index is 12.5. The third-order valence-electron chi connectivity index (χ3n) is 3.74. The van der Waals surface area contributed by atoms with Crippen molar-refractivity contribution in [2.45, 2.75) is 25.3 Å². The number of likely N-dealkylation sites (N-methyl/N-ethyl adjacent to an activating group) is 1. The van der Waals surface area contributed by atoms with Gasteiger partial charge in [0, 0.05) is 12.6 Å². The molecular formula is C19H23NO5S. The van der Waals surface area contributed by atoms with Crippen molar-refractivity contribution in [3.05, 3.63) is 59.7 Å². The molecule has 0 saturated carbocycles. The Morgan fingerprint density at radius 3 is 2.38 bits per heavy atom. The smallest absolute Gasteiger partial charge is 0.321 e. The van der Waals surface area contributed by atoms with Crippen molar-refractivity contribution in [1.82, 2.24) is 4.31 Å². The Morgan fingerprint density at radius 1 is 1.08 bits per heavy atom. The van der Waals surface area contributed by atoms with E-state index in [9.17, 15) is 13.2 Å². The number of hydrogen-bond donors (Lipinski definition) is 0. The number of sulfonamides is 1. The second-order valence-electron chi connectivity index (χ2n) is 5.78. The number of hydrogen-bond acceptors (Lipinski definition) is 5. The minimum absolute atomic E-state index is 0.0213. The predicted octanol–water partition coefficient (Wildman–Crippen LogP) is 2.76. The van der Waals surface area contributed by atoms with Gasteiger partial charge in [0.1, 0.15) is 18.9 Å². The fourth-order valence-electron chi connectivity index (χ4n) is 2.28. The summed E-state index contributed by atoms with van der Waals surface area (Å²) in [5, 5.41) is 0. The van der Waals surface area contributed by atoms with Crippen LogP contribution in [0.2, 0.25) is 0 Å². The zero-order valence-corrected chi connectivity index (χ0v) is 16.0. The van der Waals surface area contributed by atoms with Gasteiger partial charge in [-0.3, -0.25) is 4.79 Å². The molecule has 0 spiro atoms. The maximum Gasteiger partial charge on any atom is 0.321 e. The normalized spacial score (nSPS) is 11.4. The summed E-state index contributed by atoms with van der Waals surface area (Å²) >= 11 is 0. The number of ether oxygens (including phenoxy) is 2. The van der Waals surface area contributed by atoms with Crippen molar-refractivity contribution in [2.75, 3.05) is 20.2 Å². The summed E-state index contributed by atoms with van der Waals surface area (Å²) in [7, 11) is -2.39. The van der Waals surface area contributed by atoms with Gasteiger partial charge in [-0.2, -0.15) is 4.31 Å². The molecule has 0 fully saturated rings. The SMILES string of the molecule is CCOc1ccccc1COC(=O)CN(C)S(=O)(=O)c1ccc(C)cc1. The first-order valence-corrected chi connectivity index (χ1v) is 9.68. The molecule has 0 aromatic heterocycles. The van der Waals surface area contributed by atoms with Crippen LogP contribution in [0.15, 0.2) is 53.4 Å². The number of esters is 1. The fourth-order valence-corrected chi connectivity index (χ4v) is 3.40. The lowest BCUT2D eigenvalue weighted by molar-refractivity contribution is -0.144. The van der Waals surface area contributed by atoms with Crippen molar-refractivity contribution in [3.8, 4) is 5.75 Å². The third-order valence-corrected chi connectivity index (χ3v) is 5.56. The van der Waals surface area contributed by atoms with Crippen LogP contribution in [0.4, 0.5) is 0 Å². The lowest BCUT2D eigenvalue weighted by Crippen LogP contribution is -2.33. The van der Waals surface area contributed by atoms with Crippen molar-refractivity contribution in [3.63, 3.8) is 0 Å². The third kappa shape index (κ3) is 5.06. The molecule has 2 aromatic carbocycles. The molecule has 0 N–H and O–H groups in total. The largest absolute Gasteiger partial charge is 0.493 e. The van der Waals surface area contributed by atoms with Gasteiger partial charge in [-0.1, -0.05) is 35.9 Å². The summed E-state index contributed by atoms with van der Waals surface area (Å²) in [6.45, 7) is 3.90. The zero-order valence-electron chi connectivity index (χ0n) is 15.1. The van der Waals surface area contributed by atoms with Crippen LogP contribution >= 0.6 is 0 Å². The maximum atomic E-state index is 12.5. The number of rotatable bonds is 8. The van der Waals surface area contributed by atoms with E-state index in [1.165, 1.54) is 19.2 Å². The molecule has 0 aliphatic carbocycles. The lowest BCUT2D eigenvalue weighted by atomic mass is 10.2. The summed E-state index contributed by atoms with van der Waals surface area (Å²) < 4.78 is 36.6. The topological polar surface area (TPSA) is 72.9 Å². The highest BCUT2D eigenvalue weighted by atomic mass is 32.2. The number of carbonyl (C=O) groups is 1. The minimum Gasteiger partial charge on any atom is -0.493 e. The van der Waals surface area contributed by atoms with Crippen LogP contribution in [0.25, 0.3) is 0 Å². The number of aryl methyl sites for hydroxylation is 1. The Morgan fingerprint density at radius 2 is 1.73 bits per heavy atom. The van der Waals surface area contributed by atoms with Crippen molar-refractivity contribution < 1.29 is 22.7 Å². The van der Waals surface area contributed by atoms with Gasteiger partial charge in [0.15, 0.2) is 0 Å². The quantitative estimate of drug-likeness (QED) is 0.662. The fraction of sp³-hybridized carbons (Fsp3) is 0.316. The number of para-hydroxylation sites is 1. The minimum atomic E-state index is -3.74. The zero-order chi connectivity index (χ0) is 19.2. The Hall–Kier alpha value is -2.38. The summed E-state index contributed by atoms with van der Waals surface area (Å²) in [4.78, 5) is 12.2. The van der Waals surface area contributed by atoms with E-state index in [4.69, 9.17) is 9.47 Å². The monoisotopic (exact) mass is 377 g/mol. The average molecular weight is 377 g/mol. The van der Waals surface area contributed by atoms with E-state index >= 15 is 0 Å². The second kappa shape index (κ2) is 8.82. The summed E-state index contributed by atoms with van der Waals surface area (Å²) in [5.41, 5.74) is 1.69. The van der Waals surface area contributed by atoms with Crippen LogP contribution < -0.4 is 4.74 Å². The van der Waals surface area contributed by atoms with Crippen molar-refractivity contribution in [2.24, 2.45) is 0 Å². The molecule has 0 aliphatic rings. The van der Waals surface area contributed by atoms with Gasteiger partial charge in [-0.15, -0.1) is 0 Å². The molecule has 2 aromatic rings. The van der Waals surface area contributed by atoms with E-state index in [1.54, 1.807) is 24.3 Å². The first-order chi connectivity index (χ1) is 12.3. The predicted molar refractivity (Wildman–Crippen MR) is 98.4 cm³/mol. The highest BCUT2D eigenvalue weighted by Crippen LogP contribution is 2.19. The molecule has 0 aliphatic heterocycles. The van der Waals surface area contributed by atoms with Crippen LogP contribution in [0.1, 0.15) is 18.1 Å². The Bertz CT molecular complexity index is 846. The first-order valence-electron chi connectivity index (χ1n) is 8.24. The molecule has 2 rings (SSSR count). The number of benzene rings is 2. The van der Waals surface area contributed by atoms with Gasteiger partial charge in [0.2, 0.25) is 10.0 Å². The van der Waals surface area contributed by atoms with E-state index in [0.717, 1.165) is 15.4 Å².